The molecule has 2 aromatic rings. The van der Waals surface area contributed by atoms with Gasteiger partial charge in [-0.2, -0.15) is 0 Å². The molecule has 1 heterocycles. The van der Waals surface area contributed by atoms with Gasteiger partial charge in [0.15, 0.2) is 0 Å². The molecule has 1 aliphatic heterocycles. The van der Waals surface area contributed by atoms with Crippen LogP contribution in [-0.4, -0.2) is 31.7 Å². The van der Waals surface area contributed by atoms with Crippen molar-refractivity contribution in [2.45, 2.75) is 43.9 Å². The lowest BCUT2D eigenvalue weighted by atomic mass is 9.87. The molecular formula is C23H26Cl2N2O3S. The number of nitrogens with zero attached hydrogens (tertiary/aromatic N) is 1. The van der Waals surface area contributed by atoms with E-state index in [2.05, 4.69) is 17.4 Å². The Labute approximate surface area is 193 Å². The number of halogens is 2. The lowest BCUT2D eigenvalue weighted by molar-refractivity contribution is -0.127. The van der Waals surface area contributed by atoms with Crippen LogP contribution < -0.4 is 5.32 Å². The van der Waals surface area contributed by atoms with E-state index >= 15 is 0 Å². The van der Waals surface area contributed by atoms with E-state index in [1.54, 1.807) is 18.2 Å². The maximum absolute atomic E-state index is 13.0. The van der Waals surface area contributed by atoms with Crippen molar-refractivity contribution in [1.29, 1.82) is 0 Å². The summed E-state index contributed by atoms with van der Waals surface area (Å²) in [6.07, 6.45) is 4.33. The van der Waals surface area contributed by atoms with Crippen molar-refractivity contribution in [3.8, 4) is 0 Å². The van der Waals surface area contributed by atoms with Gasteiger partial charge < -0.3 is 5.32 Å². The van der Waals surface area contributed by atoms with E-state index in [-0.39, 0.29) is 30.2 Å². The molecular weight excluding hydrogens is 455 g/mol. The normalized spacial score (nSPS) is 22.0. The first-order valence-corrected chi connectivity index (χ1v) is 13.0. The average Bonchev–Trinajstić information content (AvgIpc) is 2.76. The highest BCUT2D eigenvalue weighted by atomic mass is 35.5. The number of amides is 1. The standard InChI is InChI=1S/C23H26Cl2N2O3S/c24-19-11-10-18(21(25)13-19)15-31(29,30)27-12-4-7-17(14-27)23(28)26-22-9-3-6-16-5-1-2-8-20(16)22/h1-2,5,8,10-11,13,17,22H,3-4,6-7,9,12,14-15H2,(H,26,28)/t17-,22-/m1/s1. The second-order valence-electron chi connectivity index (χ2n) is 8.34. The summed E-state index contributed by atoms with van der Waals surface area (Å²) in [4.78, 5) is 13.0. The molecule has 1 fully saturated rings. The van der Waals surface area contributed by atoms with Crippen molar-refractivity contribution in [2.75, 3.05) is 13.1 Å². The summed E-state index contributed by atoms with van der Waals surface area (Å²) in [6.45, 7) is 0.622. The number of rotatable bonds is 5. The number of carbonyl (C=O) groups is 1. The third-order valence-corrected chi connectivity index (χ3v) is 8.57. The Morgan fingerprint density at radius 1 is 1.10 bits per heavy atom. The van der Waals surface area contributed by atoms with Crippen molar-refractivity contribution in [2.24, 2.45) is 5.92 Å². The van der Waals surface area contributed by atoms with Crippen LogP contribution in [0.3, 0.4) is 0 Å². The molecule has 2 aliphatic rings. The molecule has 5 nitrogen and oxygen atoms in total. The Morgan fingerprint density at radius 2 is 1.90 bits per heavy atom. The van der Waals surface area contributed by atoms with Crippen molar-refractivity contribution in [1.82, 2.24) is 9.62 Å². The van der Waals surface area contributed by atoms with E-state index in [1.807, 2.05) is 12.1 Å². The topological polar surface area (TPSA) is 66.5 Å². The third-order valence-electron chi connectivity index (χ3n) is 6.19. The summed E-state index contributed by atoms with van der Waals surface area (Å²) in [5.74, 6) is -0.614. The van der Waals surface area contributed by atoms with Gasteiger partial charge in [0.25, 0.3) is 0 Å². The predicted octanol–water partition coefficient (Wildman–Crippen LogP) is 4.73. The molecule has 2 atom stereocenters. The van der Waals surface area contributed by atoms with Crippen LogP contribution in [0.15, 0.2) is 42.5 Å². The highest BCUT2D eigenvalue weighted by Crippen LogP contribution is 2.31. The number of nitrogens with one attached hydrogen (secondary N) is 1. The minimum Gasteiger partial charge on any atom is -0.349 e. The Hall–Kier alpha value is -1.60. The summed E-state index contributed by atoms with van der Waals surface area (Å²) in [5, 5.41) is 3.98. The van der Waals surface area contributed by atoms with Crippen molar-refractivity contribution >= 4 is 39.1 Å². The highest BCUT2D eigenvalue weighted by Gasteiger charge is 2.34. The Bertz CT molecular complexity index is 1070. The fraction of sp³-hybridized carbons (Fsp3) is 0.435. The van der Waals surface area contributed by atoms with Crippen LogP contribution in [0.25, 0.3) is 0 Å². The minimum absolute atomic E-state index is 0.00249. The van der Waals surface area contributed by atoms with Crippen molar-refractivity contribution in [3.63, 3.8) is 0 Å². The molecule has 1 saturated heterocycles. The van der Waals surface area contributed by atoms with Crippen LogP contribution in [0.1, 0.15) is 48.4 Å². The van der Waals surface area contributed by atoms with Gasteiger partial charge in [-0.15, -0.1) is 0 Å². The maximum Gasteiger partial charge on any atom is 0.224 e. The molecule has 166 valence electrons. The molecule has 31 heavy (non-hydrogen) atoms. The second-order valence-corrected chi connectivity index (χ2v) is 11.2. The van der Waals surface area contributed by atoms with Crippen molar-refractivity contribution in [3.05, 3.63) is 69.2 Å². The van der Waals surface area contributed by atoms with E-state index in [1.165, 1.54) is 15.4 Å². The molecule has 8 heteroatoms. The second kappa shape index (κ2) is 9.49. The third kappa shape index (κ3) is 5.25. The van der Waals surface area contributed by atoms with Crippen LogP contribution in [0.5, 0.6) is 0 Å². The first-order chi connectivity index (χ1) is 14.8. The van der Waals surface area contributed by atoms with Crippen molar-refractivity contribution < 1.29 is 13.2 Å². The van der Waals surface area contributed by atoms with Crippen LogP contribution in [-0.2, 0) is 27.0 Å². The van der Waals surface area contributed by atoms with Gasteiger partial charge in [-0.1, -0.05) is 53.5 Å². The van der Waals surface area contributed by atoms with Gasteiger partial charge in [0, 0.05) is 23.1 Å². The number of fused-ring (bicyclic) bond motifs is 1. The molecule has 0 unspecified atom stereocenters. The van der Waals surface area contributed by atoms with Crippen LogP contribution in [0.4, 0.5) is 0 Å². The summed E-state index contributed by atoms with van der Waals surface area (Å²) in [5.41, 5.74) is 2.97. The molecule has 0 aromatic heterocycles. The molecule has 1 amide bonds. The smallest absolute Gasteiger partial charge is 0.224 e. The molecule has 4 rings (SSSR count). The zero-order valence-corrected chi connectivity index (χ0v) is 19.5. The first kappa shape index (κ1) is 22.6. The fourth-order valence-corrected chi connectivity index (χ4v) is 6.73. The quantitative estimate of drug-likeness (QED) is 0.672. The lowest BCUT2D eigenvalue weighted by Gasteiger charge is -2.33. The van der Waals surface area contributed by atoms with Gasteiger partial charge in [-0.25, -0.2) is 12.7 Å². The summed E-state index contributed by atoms with van der Waals surface area (Å²) in [7, 11) is -3.59. The lowest BCUT2D eigenvalue weighted by Crippen LogP contribution is -2.46. The number of benzene rings is 2. The maximum atomic E-state index is 13.0. The minimum atomic E-state index is -3.59. The number of sulfonamides is 1. The van der Waals surface area contributed by atoms with Gasteiger partial charge in [0.2, 0.25) is 15.9 Å². The predicted molar refractivity (Wildman–Crippen MR) is 124 cm³/mol. The Kier molecular flexibility index (Phi) is 6.92. The number of carbonyl (C=O) groups excluding carboxylic acids is 1. The van der Waals surface area contributed by atoms with Gasteiger partial charge in [-0.3, -0.25) is 4.79 Å². The summed E-state index contributed by atoms with van der Waals surface area (Å²) < 4.78 is 27.5. The largest absolute Gasteiger partial charge is 0.349 e. The van der Waals surface area contributed by atoms with E-state index in [4.69, 9.17) is 23.2 Å². The van der Waals surface area contributed by atoms with Gasteiger partial charge in [-0.05, 0) is 60.9 Å². The van der Waals surface area contributed by atoms with Gasteiger partial charge in [0.1, 0.15) is 0 Å². The van der Waals surface area contributed by atoms with Crippen LogP contribution >= 0.6 is 23.2 Å². The van der Waals surface area contributed by atoms with Crippen LogP contribution in [0.2, 0.25) is 10.0 Å². The number of hydrogen-bond acceptors (Lipinski definition) is 3. The van der Waals surface area contributed by atoms with Crippen LogP contribution in [0, 0.1) is 5.92 Å². The number of aryl methyl sites for hydroxylation is 1. The zero-order chi connectivity index (χ0) is 22.0. The average molecular weight is 481 g/mol. The molecule has 0 radical (unpaired) electrons. The van der Waals surface area contributed by atoms with Gasteiger partial charge in [0.05, 0.1) is 17.7 Å². The molecule has 1 N–H and O–H groups in total. The Morgan fingerprint density at radius 3 is 2.71 bits per heavy atom. The highest BCUT2D eigenvalue weighted by molar-refractivity contribution is 7.88. The molecule has 0 bridgehead atoms. The summed E-state index contributed by atoms with van der Waals surface area (Å²) in [6, 6.07) is 13.0. The fourth-order valence-electron chi connectivity index (χ4n) is 4.53. The molecule has 0 saturated carbocycles. The van der Waals surface area contributed by atoms with Gasteiger partial charge >= 0.3 is 0 Å². The first-order valence-electron chi connectivity index (χ1n) is 10.6. The summed E-state index contributed by atoms with van der Waals surface area (Å²) >= 11 is 12.1. The Balaban J connectivity index is 1.43. The van der Waals surface area contributed by atoms with E-state index in [0.717, 1.165) is 19.3 Å². The van der Waals surface area contributed by atoms with E-state index in [9.17, 15) is 13.2 Å². The van der Waals surface area contributed by atoms with E-state index in [0.29, 0.717) is 35.0 Å². The molecule has 0 spiro atoms. The molecule has 2 aromatic carbocycles. The molecule has 1 aliphatic carbocycles. The number of piperidine rings is 1. The van der Waals surface area contributed by atoms with E-state index < -0.39 is 10.0 Å². The number of hydrogen-bond donors (Lipinski definition) is 1. The monoisotopic (exact) mass is 480 g/mol. The SMILES string of the molecule is O=C(N[C@@H]1CCCc2ccccc21)[C@@H]1CCCN(S(=O)(=O)Cc2ccc(Cl)cc2Cl)C1. The zero-order valence-electron chi connectivity index (χ0n) is 17.2.